The first-order chi connectivity index (χ1) is 18.2. The molecule has 214 valence electrons. The molecule has 12 nitrogen and oxygen atoms in total. The molecule has 1 aromatic heterocycles. The monoisotopic (exact) mass is 549 g/mol. The molecule has 1 fully saturated rings. The molecule has 0 bridgehead atoms. The number of hydrogen-bond acceptors (Lipinski definition) is 9. The Balaban J connectivity index is 2.27. The van der Waals surface area contributed by atoms with Crippen LogP contribution in [0.3, 0.4) is 0 Å². The molecule has 1 N–H and O–H groups in total. The molecule has 0 amide bonds. The molecule has 0 unspecified atom stereocenters. The van der Waals surface area contributed by atoms with Crippen LogP contribution in [0.1, 0.15) is 66.3 Å². The summed E-state index contributed by atoms with van der Waals surface area (Å²) in [5.74, 6) is 1.69. The minimum absolute atomic E-state index is 0.382. The maximum Gasteiger partial charge on any atom is 0.384 e. The van der Waals surface area contributed by atoms with Crippen molar-refractivity contribution in [2.75, 3.05) is 13.2 Å². The second kappa shape index (κ2) is 13.6. The summed E-state index contributed by atoms with van der Waals surface area (Å²) >= 11 is 0. The average Bonchev–Trinajstić information content (AvgIpc) is 3.09. The van der Waals surface area contributed by atoms with Gasteiger partial charge in [0.25, 0.3) is 0 Å². The number of nitrogens with zero attached hydrogens (tertiary/aromatic N) is 5. The summed E-state index contributed by atoms with van der Waals surface area (Å²) in [5, 5.41) is 14.2. The molecule has 5 atom stereocenters. The van der Waals surface area contributed by atoms with Crippen molar-refractivity contribution in [1.29, 1.82) is 0 Å². The fourth-order valence-corrected chi connectivity index (χ4v) is 3.84. The van der Waals surface area contributed by atoms with Crippen LogP contribution in [0.2, 0.25) is 0 Å². The van der Waals surface area contributed by atoms with Crippen LogP contribution in [0.5, 0.6) is 0 Å². The Kier molecular flexibility index (Phi) is 11.0. The Hall–Kier alpha value is -3.46. The van der Waals surface area contributed by atoms with Crippen molar-refractivity contribution in [3.8, 4) is 11.8 Å². The SMILES string of the molecule is CCCCc1ccn([C@@H]2O[C@](CN=[N+]=[N-])(COC(=O)[C@@H](C#CC(=O)OC(C)(C)C)C(C)C)[C@@H](O)[C@H]2F)c(=O)n1. The lowest BCUT2D eigenvalue weighted by Crippen LogP contribution is -2.49. The summed E-state index contributed by atoms with van der Waals surface area (Å²) < 4.78 is 32.4. The quantitative estimate of drug-likeness (QED) is 0.116. The number of hydrogen-bond donors (Lipinski definition) is 1. The van der Waals surface area contributed by atoms with Gasteiger partial charge < -0.3 is 19.3 Å². The van der Waals surface area contributed by atoms with E-state index in [1.807, 2.05) is 6.92 Å². The molecule has 0 spiro atoms. The van der Waals surface area contributed by atoms with Gasteiger partial charge in [0.1, 0.15) is 29.8 Å². The fraction of sp³-hybridized carbons (Fsp3) is 0.692. The summed E-state index contributed by atoms with van der Waals surface area (Å²) in [6.45, 7) is 9.08. The number of rotatable bonds is 10. The van der Waals surface area contributed by atoms with Crippen molar-refractivity contribution >= 4 is 11.9 Å². The number of aliphatic hydroxyl groups is 1. The third kappa shape index (κ3) is 8.51. The second-order valence-corrected chi connectivity index (χ2v) is 10.7. The summed E-state index contributed by atoms with van der Waals surface area (Å²) in [5.41, 5.74) is 5.85. The lowest BCUT2D eigenvalue weighted by molar-refractivity contribution is -0.167. The smallest absolute Gasteiger partial charge is 0.384 e. The molecular formula is C26H36FN5O7. The van der Waals surface area contributed by atoms with E-state index in [-0.39, 0.29) is 5.92 Å². The van der Waals surface area contributed by atoms with E-state index in [1.165, 1.54) is 6.20 Å². The zero-order valence-corrected chi connectivity index (χ0v) is 23.1. The van der Waals surface area contributed by atoms with Crippen LogP contribution in [-0.4, -0.2) is 63.2 Å². The highest BCUT2D eigenvalue weighted by Gasteiger charge is 2.57. The van der Waals surface area contributed by atoms with Crippen LogP contribution in [0.25, 0.3) is 10.4 Å². The molecule has 0 radical (unpaired) electrons. The molecule has 1 saturated heterocycles. The molecule has 0 aromatic carbocycles. The topological polar surface area (TPSA) is 166 Å². The van der Waals surface area contributed by atoms with Gasteiger partial charge in [-0.25, -0.2) is 14.0 Å². The van der Waals surface area contributed by atoms with Crippen LogP contribution in [0.15, 0.2) is 22.2 Å². The van der Waals surface area contributed by atoms with Crippen molar-refractivity contribution in [3.63, 3.8) is 0 Å². The van der Waals surface area contributed by atoms with Crippen molar-refractivity contribution in [3.05, 3.63) is 38.9 Å². The van der Waals surface area contributed by atoms with Crippen LogP contribution in [-0.2, 0) is 30.2 Å². The van der Waals surface area contributed by atoms with E-state index < -0.39 is 66.4 Å². The van der Waals surface area contributed by atoms with Gasteiger partial charge in [-0.15, -0.1) is 0 Å². The third-order valence-electron chi connectivity index (χ3n) is 5.93. The number of halogens is 1. The number of esters is 2. The van der Waals surface area contributed by atoms with E-state index in [2.05, 4.69) is 26.9 Å². The maximum atomic E-state index is 15.3. The largest absolute Gasteiger partial charge is 0.462 e. The lowest BCUT2D eigenvalue weighted by atomic mass is 9.95. The van der Waals surface area contributed by atoms with E-state index >= 15 is 4.39 Å². The molecule has 2 rings (SSSR count). The van der Waals surface area contributed by atoms with Crippen LogP contribution < -0.4 is 5.69 Å². The van der Waals surface area contributed by atoms with Gasteiger partial charge in [-0.1, -0.05) is 38.2 Å². The zero-order valence-electron chi connectivity index (χ0n) is 23.1. The number of azide groups is 1. The number of aromatic nitrogens is 2. The van der Waals surface area contributed by atoms with Crippen molar-refractivity contribution < 1.29 is 33.3 Å². The minimum Gasteiger partial charge on any atom is -0.462 e. The van der Waals surface area contributed by atoms with Crippen molar-refractivity contribution in [1.82, 2.24) is 9.55 Å². The molecule has 13 heteroatoms. The Morgan fingerprint density at radius 3 is 2.67 bits per heavy atom. The number of aryl methyl sites for hydroxylation is 1. The number of carbonyl (C=O) groups is 2. The van der Waals surface area contributed by atoms with Gasteiger partial charge in [0, 0.05) is 22.7 Å². The lowest BCUT2D eigenvalue weighted by Gasteiger charge is -2.30. The Labute approximate surface area is 226 Å². The number of aliphatic hydroxyl groups excluding tert-OH is 1. The first kappa shape index (κ1) is 31.8. The normalized spacial score (nSPS) is 23.4. The van der Waals surface area contributed by atoms with Gasteiger partial charge in [-0.2, -0.15) is 4.98 Å². The van der Waals surface area contributed by atoms with Crippen molar-refractivity contribution in [2.24, 2.45) is 17.0 Å². The highest BCUT2D eigenvalue weighted by Crippen LogP contribution is 2.39. The van der Waals surface area contributed by atoms with Crippen LogP contribution >= 0.6 is 0 Å². The summed E-state index contributed by atoms with van der Waals surface area (Å²) in [7, 11) is 0. The number of alkyl halides is 1. The first-order valence-corrected chi connectivity index (χ1v) is 12.7. The van der Waals surface area contributed by atoms with Crippen LogP contribution in [0, 0.1) is 23.7 Å². The summed E-state index contributed by atoms with van der Waals surface area (Å²) in [6.07, 6.45) is -2.04. The standard InChI is InChI=1S/C26H36FN5O7/c1-7-8-9-17-12-13-32(24(36)30-17)22-20(27)21(34)26(39-22,14-29-31-28)15-37-23(35)18(16(2)3)10-11-19(33)38-25(4,5)6/h12-13,16,18,20-22,34H,7-9,14-15H2,1-6H3/t18-,20+,21-,22+,26+/m0/s1. The molecule has 1 aliphatic rings. The Bertz CT molecular complexity index is 1200. The Morgan fingerprint density at radius 1 is 1.41 bits per heavy atom. The predicted molar refractivity (Wildman–Crippen MR) is 138 cm³/mol. The third-order valence-corrected chi connectivity index (χ3v) is 5.93. The van der Waals surface area contributed by atoms with Crippen molar-refractivity contribution in [2.45, 2.75) is 90.5 Å². The minimum atomic E-state index is -2.13. The molecule has 0 saturated carbocycles. The van der Waals surface area contributed by atoms with E-state index in [9.17, 15) is 19.5 Å². The van der Waals surface area contributed by atoms with Gasteiger partial charge >= 0.3 is 17.6 Å². The number of unbranched alkanes of at least 4 members (excludes halogenated alkanes) is 1. The average molecular weight is 550 g/mol. The molecule has 1 aromatic rings. The number of carbonyl (C=O) groups excluding carboxylic acids is 2. The Morgan fingerprint density at radius 2 is 2.10 bits per heavy atom. The second-order valence-electron chi connectivity index (χ2n) is 10.7. The van der Waals surface area contributed by atoms with E-state index in [1.54, 1.807) is 40.7 Å². The molecule has 0 aliphatic carbocycles. The molecule has 1 aliphatic heterocycles. The summed E-state index contributed by atoms with van der Waals surface area (Å²) in [4.78, 5) is 44.1. The highest BCUT2D eigenvalue weighted by molar-refractivity contribution is 5.90. The van der Waals surface area contributed by atoms with Gasteiger partial charge in [-0.05, 0) is 51.1 Å². The maximum absolute atomic E-state index is 15.3. The van der Waals surface area contributed by atoms with E-state index in [4.69, 9.17) is 19.7 Å². The van der Waals surface area contributed by atoms with Crippen LogP contribution in [0.4, 0.5) is 4.39 Å². The first-order valence-electron chi connectivity index (χ1n) is 12.7. The number of ether oxygens (including phenoxy) is 3. The molecule has 2 heterocycles. The summed E-state index contributed by atoms with van der Waals surface area (Å²) in [6, 6.07) is 1.56. The highest BCUT2D eigenvalue weighted by atomic mass is 19.1. The fourth-order valence-electron chi connectivity index (χ4n) is 3.84. The van der Waals surface area contributed by atoms with E-state index in [0.717, 1.165) is 17.4 Å². The van der Waals surface area contributed by atoms with E-state index in [0.29, 0.717) is 12.1 Å². The van der Waals surface area contributed by atoms with Gasteiger partial charge in [-0.3, -0.25) is 9.36 Å². The predicted octanol–water partition coefficient (Wildman–Crippen LogP) is 3.02. The van der Waals surface area contributed by atoms with Gasteiger partial charge in [0.05, 0.1) is 6.54 Å². The van der Waals surface area contributed by atoms with Gasteiger partial charge in [0.2, 0.25) is 0 Å². The molecular weight excluding hydrogens is 513 g/mol. The zero-order chi connectivity index (χ0) is 29.4. The molecule has 39 heavy (non-hydrogen) atoms. The van der Waals surface area contributed by atoms with Gasteiger partial charge in [0.15, 0.2) is 12.4 Å².